The van der Waals surface area contributed by atoms with Gasteiger partial charge in [-0.05, 0) is 35.9 Å². The van der Waals surface area contributed by atoms with Gasteiger partial charge in [0.25, 0.3) is 0 Å². The number of anilines is 1. The number of rotatable bonds is 5. The highest BCUT2D eigenvalue weighted by atomic mass is 16.3. The fourth-order valence-corrected chi connectivity index (χ4v) is 1.46. The molecule has 2 heterocycles. The van der Waals surface area contributed by atoms with Gasteiger partial charge in [-0.2, -0.15) is 0 Å². The van der Waals surface area contributed by atoms with Gasteiger partial charge in [0, 0.05) is 19.5 Å². The molecule has 86 valence electrons. The van der Waals surface area contributed by atoms with Crippen LogP contribution in [0.1, 0.15) is 19.1 Å². The van der Waals surface area contributed by atoms with Gasteiger partial charge in [-0.3, -0.25) is 0 Å². The summed E-state index contributed by atoms with van der Waals surface area (Å²) in [6.45, 7) is 2.09. The van der Waals surface area contributed by atoms with E-state index >= 15 is 0 Å². The smallest absolute Gasteiger partial charge is 0.242 e. The summed E-state index contributed by atoms with van der Waals surface area (Å²) in [5, 5.41) is 14.4. The van der Waals surface area contributed by atoms with E-state index in [4.69, 9.17) is 4.42 Å². The molecular formula is C10H15N5O. The Morgan fingerprint density at radius 1 is 1.56 bits per heavy atom. The molecule has 0 bridgehead atoms. The standard InChI is InChI=1S/C10H15N5O/c1-8(5-6-9-4-3-7-16-9)11-10-12-13-14-15(10)2/h3-4,7-8H,5-6H2,1-2H3,(H,11,12,14). The molecule has 16 heavy (non-hydrogen) atoms. The normalized spacial score (nSPS) is 12.6. The molecule has 2 rings (SSSR count). The highest BCUT2D eigenvalue weighted by molar-refractivity contribution is 5.22. The molecule has 0 saturated carbocycles. The highest BCUT2D eigenvalue weighted by Gasteiger charge is 2.07. The van der Waals surface area contributed by atoms with Crippen LogP contribution in [0.25, 0.3) is 0 Å². The number of nitrogens with one attached hydrogen (secondary N) is 1. The maximum Gasteiger partial charge on any atom is 0.242 e. The molecule has 2 aromatic heterocycles. The monoisotopic (exact) mass is 221 g/mol. The summed E-state index contributed by atoms with van der Waals surface area (Å²) in [5.74, 6) is 1.69. The molecule has 0 radical (unpaired) electrons. The molecule has 0 amide bonds. The zero-order valence-corrected chi connectivity index (χ0v) is 9.42. The van der Waals surface area contributed by atoms with E-state index in [9.17, 15) is 0 Å². The molecule has 1 unspecified atom stereocenters. The van der Waals surface area contributed by atoms with Crippen LogP contribution in [-0.4, -0.2) is 26.2 Å². The summed E-state index contributed by atoms with van der Waals surface area (Å²) in [4.78, 5) is 0. The van der Waals surface area contributed by atoms with Crippen LogP contribution in [-0.2, 0) is 13.5 Å². The third-order valence-electron chi connectivity index (χ3n) is 2.40. The quantitative estimate of drug-likeness (QED) is 0.822. The van der Waals surface area contributed by atoms with Crippen molar-refractivity contribution < 1.29 is 4.42 Å². The first-order valence-corrected chi connectivity index (χ1v) is 5.27. The molecule has 0 aromatic carbocycles. The lowest BCUT2D eigenvalue weighted by Crippen LogP contribution is -2.18. The number of nitrogens with zero attached hydrogens (tertiary/aromatic N) is 4. The van der Waals surface area contributed by atoms with Crippen LogP contribution in [0.5, 0.6) is 0 Å². The summed E-state index contributed by atoms with van der Waals surface area (Å²) >= 11 is 0. The van der Waals surface area contributed by atoms with Gasteiger partial charge in [-0.15, -0.1) is 0 Å². The lowest BCUT2D eigenvalue weighted by atomic mass is 10.1. The van der Waals surface area contributed by atoms with Crippen molar-refractivity contribution in [3.63, 3.8) is 0 Å². The van der Waals surface area contributed by atoms with Crippen LogP contribution in [0.3, 0.4) is 0 Å². The van der Waals surface area contributed by atoms with E-state index in [1.165, 1.54) is 0 Å². The molecular weight excluding hydrogens is 206 g/mol. The van der Waals surface area contributed by atoms with Crippen LogP contribution >= 0.6 is 0 Å². The van der Waals surface area contributed by atoms with Gasteiger partial charge in [0.2, 0.25) is 5.95 Å². The summed E-state index contributed by atoms with van der Waals surface area (Å²) < 4.78 is 6.88. The molecule has 0 fully saturated rings. The Bertz CT molecular complexity index is 422. The minimum absolute atomic E-state index is 0.301. The van der Waals surface area contributed by atoms with Crippen molar-refractivity contribution in [2.45, 2.75) is 25.8 Å². The Morgan fingerprint density at radius 2 is 2.44 bits per heavy atom. The second-order valence-electron chi connectivity index (χ2n) is 3.79. The molecule has 6 nitrogen and oxygen atoms in total. The topological polar surface area (TPSA) is 68.8 Å². The predicted octanol–water partition coefficient (Wildman–Crippen LogP) is 1.24. The first-order chi connectivity index (χ1) is 7.75. The number of hydrogen-bond donors (Lipinski definition) is 1. The van der Waals surface area contributed by atoms with E-state index in [-0.39, 0.29) is 0 Å². The number of aryl methyl sites for hydroxylation is 2. The lowest BCUT2D eigenvalue weighted by molar-refractivity contribution is 0.494. The highest BCUT2D eigenvalue weighted by Crippen LogP contribution is 2.08. The van der Waals surface area contributed by atoms with Gasteiger partial charge in [0.1, 0.15) is 5.76 Å². The first-order valence-electron chi connectivity index (χ1n) is 5.27. The van der Waals surface area contributed by atoms with Crippen molar-refractivity contribution in [2.24, 2.45) is 7.05 Å². The second-order valence-corrected chi connectivity index (χ2v) is 3.79. The minimum atomic E-state index is 0.301. The van der Waals surface area contributed by atoms with E-state index in [1.54, 1.807) is 10.9 Å². The van der Waals surface area contributed by atoms with Gasteiger partial charge in [-0.25, -0.2) is 4.68 Å². The fourth-order valence-electron chi connectivity index (χ4n) is 1.46. The van der Waals surface area contributed by atoms with Crippen LogP contribution in [0, 0.1) is 0 Å². The Balaban J connectivity index is 1.81. The third kappa shape index (κ3) is 2.59. The van der Waals surface area contributed by atoms with Crippen molar-refractivity contribution in [1.82, 2.24) is 20.2 Å². The molecule has 1 N–H and O–H groups in total. The van der Waals surface area contributed by atoms with Gasteiger partial charge in [-0.1, -0.05) is 5.10 Å². The van der Waals surface area contributed by atoms with Crippen LogP contribution in [0.2, 0.25) is 0 Å². The zero-order valence-electron chi connectivity index (χ0n) is 9.42. The Labute approximate surface area is 93.6 Å². The summed E-state index contributed by atoms with van der Waals surface area (Å²) in [6, 6.07) is 4.19. The molecule has 0 aliphatic carbocycles. The zero-order chi connectivity index (χ0) is 11.4. The van der Waals surface area contributed by atoms with E-state index in [0.717, 1.165) is 18.6 Å². The number of hydrogen-bond acceptors (Lipinski definition) is 5. The Morgan fingerprint density at radius 3 is 3.06 bits per heavy atom. The summed E-state index contributed by atoms with van der Waals surface area (Å²) in [5.41, 5.74) is 0. The summed E-state index contributed by atoms with van der Waals surface area (Å²) in [6.07, 6.45) is 3.58. The second kappa shape index (κ2) is 4.78. The van der Waals surface area contributed by atoms with Crippen molar-refractivity contribution >= 4 is 5.95 Å². The van der Waals surface area contributed by atoms with Crippen molar-refractivity contribution in [3.8, 4) is 0 Å². The van der Waals surface area contributed by atoms with Gasteiger partial charge in [0.05, 0.1) is 6.26 Å². The Kier molecular flexibility index (Phi) is 3.19. The van der Waals surface area contributed by atoms with Gasteiger partial charge < -0.3 is 9.73 Å². The van der Waals surface area contributed by atoms with Crippen molar-refractivity contribution in [1.29, 1.82) is 0 Å². The SMILES string of the molecule is CC(CCc1ccco1)Nc1nnnn1C. The summed E-state index contributed by atoms with van der Waals surface area (Å²) in [7, 11) is 1.81. The average molecular weight is 221 g/mol. The first kappa shape index (κ1) is 10.7. The van der Waals surface area contributed by atoms with Gasteiger partial charge >= 0.3 is 0 Å². The van der Waals surface area contributed by atoms with E-state index < -0.39 is 0 Å². The van der Waals surface area contributed by atoms with Crippen molar-refractivity contribution in [2.75, 3.05) is 5.32 Å². The van der Waals surface area contributed by atoms with Crippen LogP contribution in [0.4, 0.5) is 5.95 Å². The molecule has 0 aliphatic rings. The maximum atomic E-state index is 5.27. The van der Waals surface area contributed by atoms with Crippen LogP contribution < -0.4 is 5.32 Å². The molecule has 1 atom stereocenters. The van der Waals surface area contributed by atoms with E-state index in [1.807, 2.05) is 19.2 Å². The third-order valence-corrected chi connectivity index (χ3v) is 2.40. The maximum absolute atomic E-state index is 5.27. The molecule has 0 aliphatic heterocycles. The predicted molar refractivity (Wildman–Crippen MR) is 58.9 cm³/mol. The molecule has 2 aromatic rings. The largest absolute Gasteiger partial charge is 0.469 e. The number of aromatic nitrogens is 4. The van der Waals surface area contributed by atoms with Gasteiger partial charge in [0.15, 0.2) is 0 Å². The lowest BCUT2D eigenvalue weighted by Gasteiger charge is -2.12. The van der Waals surface area contributed by atoms with Crippen LogP contribution in [0.15, 0.2) is 22.8 Å². The number of furan rings is 1. The fraction of sp³-hybridized carbons (Fsp3) is 0.500. The average Bonchev–Trinajstić information content (AvgIpc) is 2.88. The van der Waals surface area contributed by atoms with E-state index in [0.29, 0.717) is 12.0 Å². The molecule has 6 heteroatoms. The molecule has 0 saturated heterocycles. The van der Waals surface area contributed by atoms with Crippen molar-refractivity contribution in [3.05, 3.63) is 24.2 Å². The molecule has 0 spiro atoms. The minimum Gasteiger partial charge on any atom is -0.469 e. The number of tetrazole rings is 1. The Hall–Kier alpha value is -1.85. The van der Waals surface area contributed by atoms with E-state index in [2.05, 4.69) is 27.8 Å².